The predicted molar refractivity (Wildman–Crippen MR) is 167 cm³/mol. The molecule has 2 aliphatic rings. The van der Waals surface area contributed by atoms with Crippen molar-refractivity contribution >= 4 is 29.3 Å². The van der Waals surface area contributed by atoms with Gasteiger partial charge in [-0.05, 0) is 83.9 Å². The summed E-state index contributed by atoms with van der Waals surface area (Å²) < 4.78 is 12.0. The van der Waals surface area contributed by atoms with Gasteiger partial charge in [0.1, 0.15) is 23.0 Å². The molecular weight excluding hydrogens is 568 g/mol. The zero-order valence-electron chi connectivity index (χ0n) is 24.4. The number of benzene rings is 5. The summed E-state index contributed by atoms with van der Waals surface area (Å²) >= 11 is 0. The van der Waals surface area contributed by atoms with E-state index in [1.165, 1.54) is 4.90 Å². The zero-order valence-corrected chi connectivity index (χ0v) is 24.4. The fourth-order valence-corrected chi connectivity index (χ4v) is 5.62. The lowest BCUT2D eigenvalue weighted by molar-refractivity contribution is 0.0874. The molecule has 2 heterocycles. The standard InChI is InChI=1S/C37H26N2O6/c1-37(2,22-8-12-25(13-9-22)44-27-16-18-29-31(20-27)34(41)38-33(29)40)23-10-14-26(15-11-23)45-28-17-19-30-32(21-28)36(43)39(35(30)42)24-6-4-3-5-7-24/h3-21H,1-2H3,(H,38,40,41). The van der Waals surface area contributed by atoms with Crippen LogP contribution >= 0.6 is 0 Å². The number of nitrogens with one attached hydrogen (secondary N) is 1. The highest BCUT2D eigenvalue weighted by Gasteiger charge is 2.37. The molecule has 4 amide bonds. The average molecular weight is 595 g/mol. The molecule has 0 atom stereocenters. The Hall–Kier alpha value is -6.02. The normalized spacial score (nSPS) is 13.9. The van der Waals surface area contributed by atoms with Crippen molar-refractivity contribution in [2.75, 3.05) is 4.90 Å². The molecule has 8 heteroatoms. The quantitative estimate of drug-likeness (QED) is 0.199. The van der Waals surface area contributed by atoms with Crippen LogP contribution in [0.1, 0.15) is 66.4 Å². The van der Waals surface area contributed by atoms with Crippen LogP contribution in [0.3, 0.4) is 0 Å². The van der Waals surface area contributed by atoms with Crippen molar-refractivity contribution in [1.82, 2.24) is 5.32 Å². The summed E-state index contributed by atoms with van der Waals surface area (Å²) in [6, 6.07) is 34.1. The van der Waals surface area contributed by atoms with Gasteiger partial charge in [0.25, 0.3) is 23.6 Å². The maximum atomic E-state index is 13.1. The van der Waals surface area contributed by atoms with Gasteiger partial charge in [0.05, 0.1) is 27.9 Å². The molecule has 0 aromatic heterocycles. The third kappa shape index (κ3) is 4.92. The zero-order chi connectivity index (χ0) is 31.3. The number of nitrogens with zero attached hydrogens (tertiary/aromatic N) is 1. The summed E-state index contributed by atoms with van der Waals surface area (Å²) in [5.74, 6) is 0.565. The van der Waals surface area contributed by atoms with Crippen LogP contribution in [0.4, 0.5) is 5.69 Å². The molecule has 0 aliphatic carbocycles. The molecule has 0 radical (unpaired) electrons. The van der Waals surface area contributed by atoms with Crippen molar-refractivity contribution in [3.05, 3.63) is 149 Å². The van der Waals surface area contributed by atoms with E-state index >= 15 is 0 Å². The van der Waals surface area contributed by atoms with E-state index in [0.29, 0.717) is 50.9 Å². The molecule has 7 rings (SSSR count). The van der Waals surface area contributed by atoms with Crippen LogP contribution in [-0.4, -0.2) is 23.6 Å². The summed E-state index contributed by atoms with van der Waals surface area (Å²) in [4.78, 5) is 51.0. The molecule has 1 N–H and O–H groups in total. The Kier molecular flexibility index (Phi) is 6.55. The van der Waals surface area contributed by atoms with E-state index in [2.05, 4.69) is 19.2 Å². The lowest BCUT2D eigenvalue weighted by atomic mass is 9.78. The SMILES string of the molecule is CC(C)(c1ccc(Oc2ccc3c(c2)C(=O)NC3=O)cc1)c1ccc(Oc2ccc3c(c2)C(=O)N(c2ccccc2)C3=O)cc1. The third-order valence-electron chi connectivity index (χ3n) is 8.20. The molecule has 0 bridgehead atoms. The van der Waals surface area contributed by atoms with Crippen molar-refractivity contribution in [3.63, 3.8) is 0 Å². The van der Waals surface area contributed by atoms with Crippen LogP contribution in [-0.2, 0) is 5.41 Å². The van der Waals surface area contributed by atoms with Gasteiger partial charge in [-0.25, -0.2) is 4.90 Å². The lowest BCUT2D eigenvalue weighted by Crippen LogP contribution is -2.29. The Bertz CT molecular complexity index is 2020. The molecule has 0 spiro atoms. The van der Waals surface area contributed by atoms with E-state index in [-0.39, 0.29) is 17.2 Å². The molecule has 0 saturated carbocycles. The second-order valence-corrected chi connectivity index (χ2v) is 11.4. The molecule has 0 unspecified atom stereocenters. The summed E-state index contributed by atoms with van der Waals surface area (Å²) in [6.45, 7) is 4.24. The van der Waals surface area contributed by atoms with Crippen LogP contribution in [0.5, 0.6) is 23.0 Å². The van der Waals surface area contributed by atoms with Gasteiger partial charge in [-0.3, -0.25) is 24.5 Å². The van der Waals surface area contributed by atoms with Gasteiger partial charge in [0.2, 0.25) is 0 Å². The van der Waals surface area contributed by atoms with Crippen molar-refractivity contribution < 1.29 is 28.7 Å². The van der Waals surface area contributed by atoms with Crippen molar-refractivity contribution in [1.29, 1.82) is 0 Å². The molecule has 5 aromatic rings. The van der Waals surface area contributed by atoms with Crippen molar-refractivity contribution in [2.45, 2.75) is 19.3 Å². The molecule has 8 nitrogen and oxygen atoms in total. The highest BCUT2D eigenvalue weighted by Crippen LogP contribution is 2.36. The van der Waals surface area contributed by atoms with Gasteiger partial charge < -0.3 is 9.47 Å². The largest absolute Gasteiger partial charge is 0.457 e. The van der Waals surface area contributed by atoms with Crippen molar-refractivity contribution in [3.8, 4) is 23.0 Å². The Morgan fingerprint density at radius 3 is 1.56 bits per heavy atom. The minimum absolute atomic E-state index is 0.303. The van der Waals surface area contributed by atoms with Gasteiger partial charge in [0.15, 0.2) is 0 Å². The molecule has 0 saturated heterocycles. The van der Waals surface area contributed by atoms with Gasteiger partial charge in [-0.15, -0.1) is 0 Å². The minimum Gasteiger partial charge on any atom is -0.457 e. The molecule has 220 valence electrons. The number of rotatable bonds is 7. The number of ether oxygens (including phenoxy) is 2. The first-order chi connectivity index (χ1) is 21.7. The van der Waals surface area contributed by atoms with E-state index in [1.807, 2.05) is 54.6 Å². The number of hydrogen-bond acceptors (Lipinski definition) is 6. The average Bonchev–Trinajstić information content (AvgIpc) is 3.47. The topological polar surface area (TPSA) is 102 Å². The van der Waals surface area contributed by atoms with E-state index in [0.717, 1.165) is 11.1 Å². The first kappa shape index (κ1) is 27.8. The summed E-state index contributed by atoms with van der Waals surface area (Å²) in [5.41, 5.74) is 3.61. The Labute approximate surface area is 258 Å². The monoisotopic (exact) mass is 594 g/mol. The second kappa shape index (κ2) is 10.6. The fraction of sp³-hybridized carbons (Fsp3) is 0.0811. The number of anilines is 1. The predicted octanol–water partition coefficient (Wildman–Crippen LogP) is 7.28. The summed E-state index contributed by atoms with van der Waals surface area (Å²) in [7, 11) is 0. The number of fused-ring (bicyclic) bond motifs is 2. The number of hydrogen-bond donors (Lipinski definition) is 1. The number of imide groups is 2. The van der Waals surface area contributed by atoms with E-state index in [1.54, 1.807) is 60.7 Å². The molecule has 2 aliphatic heterocycles. The maximum absolute atomic E-state index is 13.1. The number of carbonyl (C=O) groups is 4. The lowest BCUT2D eigenvalue weighted by Gasteiger charge is -2.26. The minimum atomic E-state index is -0.428. The summed E-state index contributed by atoms with van der Waals surface area (Å²) in [6.07, 6.45) is 0. The van der Waals surface area contributed by atoms with E-state index < -0.39 is 11.8 Å². The maximum Gasteiger partial charge on any atom is 0.266 e. The first-order valence-electron chi connectivity index (χ1n) is 14.3. The van der Waals surface area contributed by atoms with Gasteiger partial charge >= 0.3 is 0 Å². The highest BCUT2D eigenvalue weighted by atomic mass is 16.5. The number of amides is 4. The molecular formula is C37H26N2O6. The second-order valence-electron chi connectivity index (χ2n) is 11.4. The first-order valence-corrected chi connectivity index (χ1v) is 14.3. The molecule has 45 heavy (non-hydrogen) atoms. The Balaban J connectivity index is 1.04. The number of carbonyl (C=O) groups excluding carboxylic acids is 4. The fourth-order valence-electron chi connectivity index (χ4n) is 5.62. The van der Waals surface area contributed by atoms with Gasteiger partial charge in [-0.2, -0.15) is 0 Å². The van der Waals surface area contributed by atoms with E-state index in [9.17, 15) is 19.2 Å². The van der Waals surface area contributed by atoms with Crippen LogP contribution in [0, 0.1) is 0 Å². The van der Waals surface area contributed by atoms with E-state index in [4.69, 9.17) is 9.47 Å². The third-order valence-corrected chi connectivity index (χ3v) is 8.20. The highest BCUT2D eigenvalue weighted by molar-refractivity contribution is 6.34. The molecule has 5 aromatic carbocycles. The molecule has 0 fully saturated rings. The van der Waals surface area contributed by atoms with Crippen LogP contribution in [0.2, 0.25) is 0 Å². The number of para-hydroxylation sites is 1. The van der Waals surface area contributed by atoms with Crippen LogP contribution in [0.15, 0.2) is 115 Å². The van der Waals surface area contributed by atoms with Gasteiger partial charge in [-0.1, -0.05) is 56.3 Å². The van der Waals surface area contributed by atoms with Crippen LogP contribution < -0.4 is 19.7 Å². The Morgan fingerprint density at radius 2 is 0.978 bits per heavy atom. The summed E-state index contributed by atoms with van der Waals surface area (Å²) in [5, 5.41) is 2.28. The smallest absolute Gasteiger partial charge is 0.266 e. The van der Waals surface area contributed by atoms with Crippen LogP contribution in [0.25, 0.3) is 0 Å². The van der Waals surface area contributed by atoms with Gasteiger partial charge in [0, 0.05) is 5.41 Å². The Morgan fingerprint density at radius 1 is 0.511 bits per heavy atom. The van der Waals surface area contributed by atoms with Crippen molar-refractivity contribution in [2.24, 2.45) is 0 Å².